The molecular weight excluding hydrogens is 405 g/mol. The van der Waals surface area contributed by atoms with Crippen LogP contribution >= 0.6 is 11.6 Å². The molecule has 0 spiro atoms. The van der Waals surface area contributed by atoms with Crippen molar-refractivity contribution in [1.29, 1.82) is 0 Å². The van der Waals surface area contributed by atoms with Crippen molar-refractivity contribution in [3.8, 4) is 0 Å². The largest absolute Gasteiger partial charge is 0.353 e. The normalized spacial score (nSPS) is 25.0. The molecule has 0 aromatic heterocycles. The Morgan fingerprint density at radius 3 is 2.57 bits per heavy atom. The third-order valence-electron chi connectivity index (χ3n) is 6.27. The van der Waals surface area contributed by atoms with Gasteiger partial charge in [0, 0.05) is 68.4 Å². The van der Waals surface area contributed by atoms with E-state index in [9.17, 15) is 9.18 Å². The number of nitrogens with one attached hydrogen (secondary N) is 1. The number of likely N-dealkylation sites (tertiary alicyclic amines) is 1. The summed E-state index contributed by atoms with van der Waals surface area (Å²) in [6.07, 6.45) is 3.11. The number of carbonyl (C=O) groups is 1. The average molecular weight is 436 g/mol. The van der Waals surface area contributed by atoms with Crippen LogP contribution in [0.15, 0.2) is 23.2 Å². The van der Waals surface area contributed by atoms with Crippen LogP contribution in [0.2, 0.25) is 5.02 Å². The molecule has 0 radical (unpaired) electrons. The lowest BCUT2D eigenvalue weighted by atomic mass is 10.1. The minimum absolute atomic E-state index is 0.0835. The molecule has 2 unspecified atom stereocenters. The van der Waals surface area contributed by atoms with E-state index >= 15 is 0 Å². The van der Waals surface area contributed by atoms with Crippen LogP contribution in [0.3, 0.4) is 0 Å². The lowest BCUT2D eigenvalue weighted by Gasteiger charge is -2.36. The van der Waals surface area contributed by atoms with Gasteiger partial charge in [-0.15, -0.1) is 0 Å². The fourth-order valence-corrected chi connectivity index (χ4v) is 4.77. The molecule has 1 aliphatic carbocycles. The number of hydrogen-bond acceptors (Lipinski definition) is 3. The van der Waals surface area contributed by atoms with E-state index in [0.717, 1.165) is 64.5 Å². The summed E-state index contributed by atoms with van der Waals surface area (Å²) in [5.74, 6) is 0.981. The first-order valence-electron chi connectivity index (χ1n) is 11.1. The van der Waals surface area contributed by atoms with Gasteiger partial charge in [0.25, 0.3) is 0 Å². The number of piperazine rings is 1. The first kappa shape index (κ1) is 21.4. The number of benzene rings is 1. The van der Waals surface area contributed by atoms with Crippen LogP contribution in [0.5, 0.6) is 0 Å². The molecule has 1 amide bonds. The van der Waals surface area contributed by atoms with Gasteiger partial charge < -0.3 is 15.1 Å². The maximum Gasteiger partial charge on any atom is 0.236 e. The van der Waals surface area contributed by atoms with Crippen molar-refractivity contribution >= 4 is 23.5 Å². The molecule has 8 heteroatoms. The molecule has 1 aromatic carbocycles. The smallest absolute Gasteiger partial charge is 0.236 e. The van der Waals surface area contributed by atoms with E-state index in [1.54, 1.807) is 12.1 Å². The Bertz CT molecular complexity index is 769. The zero-order valence-electron chi connectivity index (χ0n) is 17.6. The van der Waals surface area contributed by atoms with Crippen molar-refractivity contribution in [3.05, 3.63) is 34.6 Å². The van der Waals surface area contributed by atoms with Gasteiger partial charge in [-0.1, -0.05) is 17.7 Å². The van der Waals surface area contributed by atoms with Gasteiger partial charge in [0.15, 0.2) is 5.96 Å². The maximum absolute atomic E-state index is 14.2. The third-order valence-corrected chi connectivity index (χ3v) is 6.60. The minimum Gasteiger partial charge on any atom is -0.353 e. The van der Waals surface area contributed by atoms with Gasteiger partial charge >= 0.3 is 0 Å². The van der Waals surface area contributed by atoms with Crippen LogP contribution in [-0.2, 0) is 4.79 Å². The molecule has 2 aliphatic heterocycles. The fraction of sp³-hybridized carbons (Fsp3) is 0.636. The Morgan fingerprint density at radius 2 is 1.90 bits per heavy atom. The van der Waals surface area contributed by atoms with Gasteiger partial charge in [-0.3, -0.25) is 14.7 Å². The van der Waals surface area contributed by atoms with E-state index in [4.69, 9.17) is 11.6 Å². The van der Waals surface area contributed by atoms with Crippen LogP contribution in [0.25, 0.3) is 0 Å². The lowest BCUT2D eigenvalue weighted by molar-refractivity contribution is -0.131. The molecule has 164 valence electrons. The van der Waals surface area contributed by atoms with Crippen molar-refractivity contribution in [3.63, 3.8) is 0 Å². The molecule has 2 heterocycles. The number of nitrogens with zero attached hydrogens (tertiary/aromatic N) is 4. The van der Waals surface area contributed by atoms with Crippen LogP contribution in [0, 0.1) is 5.82 Å². The molecule has 0 bridgehead atoms. The van der Waals surface area contributed by atoms with E-state index in [1.807, 2.05) is 11.8 Å². The highest BCUT2D eigenvalue weighted by molar-refractivity contribution is 6.31. The number of rotatable bonds is 5. The Hall–Kier alpha value is -1.86. The van der Waals surface area contributed by atoms with Crippen molar-refractivity contribution in [2.24, 2.45) is 4.99 Å². The van der Waals surface area contributed by atoms with Crippen LogP contribution in [0.1, 0.15) is 37.7 Å². The quantitative estimate of drug-likeness (QED) is 0.570. The van der Waals surface area contributed by atoms with E-state index in [2.05, 4.69) is 20.1 Å². The van der Waals surface area contributed by atoms with Crippen molar-refractivity contribution in [2.45, 2.75) is 38.1 Å². The van der Waals surface area contributed by atoms with Gasteiger partial charge in [-0.2, -0.15) is 0 Å². The number of guanidine groups is 1. The Balaban J connectivity index is 1.29. The highest BCUT2D eigenvalue weighted by atomic mass is 35.5. The summed E-state index contributed by atoms with van der Waals surface area (Å²) in [6, 6.07) is 5.02. The van der Waals surface area contributed by atoms with Gasteiger partial charge in [0.1, 0.15) is 5.82 Å². The summed E-state index contributed by atoms with van der Waals surface area (Å²) in [4.78, 5) is 23.5. The SMILES string of the molecule is CCN=C(NC1CC1c1c(F)cccc1Cl)N1CCN(CC(=O)N2CCCC2)CC1. The molecule has 1 N–H and O–H groups in total. The van der Waals surface area contributed by atoms with Gasteiger partial charge in [0.2, 0.25) is 5.91 Å². The zero-order valence-corrected chi connectivity index (χ0v) is 18.4. The van der Waals surface area contributed by atoms with E-state index in [-0.39, 0.29) is 23.7 Å². The fourth-order valence-electron chi connectivity index (χ4n) is 4.47. The second kappa shape index (κ2) is 9.52. The van der Waals surface area contributed by atoms with E-state index < -0.39 is 0 Å². The molecule has 30 heavy (non-hydrogen) atoms. The molecule has 3 aliphatic rings. The van der Waals surface area contributed by atoms with Crippen LogP contribution in [0.4, 0.5) is 4.39 Å². The number of amides is 1. The highest BCUT2D eigenvalue weighted by Crippen LogP contribution is 2.45. The molecule has 2 atom stereocenters. The number of halogens is 2. The third kappa shape index (κ3) is 4.89. The predicted octanol–water partition coefficient (Wildman–Crippen LogP) is 2.54. The summed E-state index contributed by atoms with van der Waals surface area (Å²) in [5.41, 5.74) is 0.609. The molecule has 1 saturated carbocycles. The second-order valence-electron chi connectivity index (χ2n) is 8.38. The van der Waals surface area contributed by atoms with Crippen molar-refractivity contribution in [1.82, 2.24) is 20.0 Å². The molecule has 1 aromatic rings. The minimum atomic E-state index is -0.234. The van der Waals surface area contributed by atoms with Crippen LogP contribution in [-0.4, -0.2) is 85.0 Å². The maximum atomic E-state index is 14.2. The molecule has 2 saturated heterocycles. The summed E-state index contributed by atoms with van der Waals surface area (Å²) in [5, 5.41) is 4.02. The monoisotopic (exact) mass is 435 g/mol. The summed E-state index contributed by atoms with van der Waals surface area (Å²) >= 11 is 6.24. The number of carbonyl (C=O) groups excluding carboxylic acids is 1. The molecule has 3 fully saturated rings. The summed E-state index contributed by atoms with van der Waals surface area (Å²) in [7, 11) is 0. The highest BCUT2D eigenvalue weighted by Gasteiger charge is 2.42. The van der Waals surface area contributed by atoms with E-state index in [1.165, 1.54) is 6.07 Å². The van der Waals surface area contributed by atoms with Crippen molar-refractivity contribution < 1.29 is 9.18 Å². The summed E-state index contributed by atoms with van der Waals surface area (Å²) in [6.45, 7) is 8.38. The average Bonchev–Trinajstić information content (AvgIpc) is 3.25. The summed E-state index contributed by atoms with van der Waals surface area (Å²) < 4.78 is 14.2. The predicted molar refractivity (Wildman–Crippen MR) is 117 cm³/mol. The zero-order chi connectivity index (χ0) is 21.1. The lowest BCUT2D eigenvalue weighted by Crippen LogP contribution is -2.54. The van der Waals surface area contributed by atoms with Gasteiger partial charge in [-0.25, -0.2) is 4.39 Å². The molecule has 4 rings (SSSR count). The Labute approximate surface area is 183 Å². The Kier molecular flexibility index (Phi) is 6.78. The topological polar surface area (TPSA) is 51.2 Å². The van der Waals surface area contributed by atoms with Crippen LogP contribution < -0.4 is 5.32 Å². The molecule has 6 nitrogen and oxygen atoms in total. The molecular formula is C22H31ClFN5O. The first-order chi connectivity index (χ1) is 14.6. The van der Waals surface area contributed by atoms with Crippen molar-refractivity contribution in [2.75, 3.05) is 52.4 Å². The van der Waals surface area contributed by atoms with Gasteiger partial charge in [-0.05, 0) is 38.3 Å². The standard InChI is InChI=1S/C22H31ClFN5O/c1-2-25-22(26-19-14-16(19)21-17(23)6-5-7-18(21)24)29-12-10-27(11-13-29)15-20(30)28-8-3-4-9-28/h5-7,16,19H,2-4,8-15H2,1H3,(H,25,26). The second-order valence-corrected chi connectivity index (χ2v) is 8.78. The first-order valence-corrected chi connectivity index (χ1v) is 11.4. The Morgan fingerprint density at radius 1 is 1.17 bits per heavy atom. The number of hydrogen-bond donors (Lipinski definition) is 1. The van der Waals surface area contributed by atoms with Gasteiger partial charge in [0.05, 0.1) is 6.54 Å². The number of aliphatic imine (C=N–C) groups is 1. The van der Waals surface area contributed by atoms with E-state index in [0.29, 0.717) is 23.7 Å².